The predicted molar refractivity (Wildman–Crippen MR) is 156 cm³/mol. The van der Waals surface area contributed by atoms with Crippen LogP contribution in [-0.2, 0) is 32.6 Å². The molecule has 0 aliphatic heterocycles. The number of hydrogen-bond donors (Lipinski definition) is 1. The zero-order chi connectivity index (χ0) is 27.9. The summed E-state index contributed by atoms with van der Waals surface area (Å²) >= 11 is 9.86. The maximum absolute atomic E-state index is 14.0. The van der Waals surface area contributed by atoms with Gasteiger partial charge in [0, 0.05) is 29.0 Å². The molecule has 0 heterocycles. The Morgan fingerprint density at radius 3 is 2.29 bits per heavy atom. The van der Waals surface area contributed by atoms with E-state index in [0.717, 1.165) is 26.2 Å². The van der Waals surface area contributed by atoms with E-state index in [1.807, 2.05) is 37.3 Å². The van der Waals surface area contributed by atoms with E-state index >= 15 is 0 Å². The van der Waals surface area contributed by atoms with E-state index in [4.69, 9.17) is 11.6 Å². The van der Waals surface area contributed by atoms with E-state index in [1.54, 1.807) is 49.4 Å². The van der Waals surface area contributed by atoms with Gasteiger partial charge < -0.3 is 10.2 Å². The highest BCUT2D eigenvalue weighted by Gasteiger charge is 2.33. The van der Waals surface area contributed by atoms with Crippen LogP contribution in [0.2, 0.25) is 5.02 Å². The SMILES string of the molecule is CCNC(=O)[C@@H](Cc1ccccc1)N(Cc1ccccc1Cl)C(=O)CN(c1ccc(Br)c(C)c1)S(C)(=O)=O. The van der Waals surface area contributed by atoms with Crippen molar-refractivity contribution >= 4 is 55.1 Å². The number of halogens is 2. The fourth-order valence-corrected chi connectivity index (χ4v) is 5.34. The summed E-state index contributed by atoms with van der Waals surface area (Å²) in [6, 6.07) is 20.6. The molecule has 0 saturated heterocycles. The first-order chi connectivity index (χ1) is 18.0. The molecule has 0 spiro atoms. The van der Waals surface area contributed by atoms with Crippen LogP contribution < -0.4 is 9.62 Å². The average Bonchev–Trinajstić information content (AvgIpc) is 2.87. The molecule has 10 heteroatoms. The summed E-state index contributed by atoms with van der Waals surface area (Å²) in [7, 11) is -3.83. The second kappa shape index (κ2) is 13.3. The second-order valence-corrected chi connectivity index (χ2v) is 12.1. The molecule has 202 valence electrons. The van der Waals surface area contributed by atoms with Gasteiger partial charge in [0.25, 0.3) is 0 Å². The average molecular weight is 621 g/mol. The highest BCUT2D eigenvalue weighted by atomic mass is 79.9. The summed E-state index contributed by atoms with van der Waals surface area (Å²) in [6.45, 7) is 3.58. The number of benzene rings is 3. The Balaban J connectivity index is 2.06. The Kier molecular flexibility index (Phi) is 10.4. The molecule has 0 aliphatic carbocycles. The number of anilines is 1. The molecule has 0 bridgehead atoms. The van der Waals surface area contributed by atoms with Crippen LogP contribution in [0.3, 0.4) is 0 Å². The van der Waals surface area contributed by atoms with Crippen LogP contribution in [-0.4, -0.2) is 50.5 Å². The maximum Gasteiger partial charge on any atom is 0.244 e. The Hall–Kier alpha value is -2.88. The van der Waals surface area contributed by atoms with E-state index in [9.17, 15) is 18.0 Å². The first-order valence-corrected chi connectivity index (χ1v) is 15.1. The van der Waals surface area contributed by atoms with Crippen LogP contribution in [0.4, 0.5) is 5.69 Å². The van der Waals surface area contributed by atoms with Crippen molar-refractivity contribution in [1.29, 1.82) is 0 Å². The lowest BCUT2D eigenvalue weighted by Crippen LogP contribution is -2.53. The van der Waals surface area contributed by atoms with Gasteiger partial charge in [0.1, 0.15) is 12.6 Å². The summed E-state index contributed by atoms with van der Waals surface area (Å²) in [6.07, 6.45) is 1.31. The molecule has 3 rings (SSSR count). The van der Waals surface area contributed by atoms with Gasteiger partial charge in [0.05, 0.1) is 11.9 Å². The summed E-state index contributed by atoms with van der Waals surface area (Å²) in [5, 5.41) is 3.28. The van der Waals surface area contributed by atoms with Crippen LogP contribution >= 0.6 is 27.5 Å². The van der Waals surface area contributed by atoms with Crippen molar-refractivity contribution in [2.45, 2.75) is 32.9 Å². The van der Waals surface area contributed by atoms with E-state index < -0.39 is 28.5 Å². The molecule has 0 saturated carbocycles. The molecular weight excluding hydrogens is 590 g/mol. The van der Waals surface area contributed by atoms with Crippen LogP contribution in [0, 0.1) is 6.92 Å². The molecule has 3 aromatic rings. The molecule has 38 heavy (non-hydrogen) atoms. The van der Waals surface area contributed by atoms with Crippen molar-refractivity contribution in [2.24, 2.45) is 0 Å². The molecule has 0 aromatic heterocycles. The van der Waals surface area contributed by atoms with Crippen molar-refractivity contribution < 1.29 is 18.0 Å². The molecule has 0 unspecified atom stereocenters. The molecule has 0 fully saturated rings. The number of carbonyl (C=O) groups excluding carboxylic acids is 2. The van der Waals surface area contributed by atoms with Gasteiger partial charge in [-0.05, 0) is 54.8 Å². The number of rotatable bonds is 11. The van der Waals surface area contributed by atoms with Crippen LogP contribution in [0.1, 0.15) is 23.6 Å². The first kappa shape index (κ1) is 29.7. The van der Waals surface area contributed by atoms with Gasteiger partial charge in [-0.2, -0.15) is 0 Å². The van der Waals surface area contributed by atoms with Crippen molar-refractivity contribution in [2.75, 3.05) is 23.7 Å². The molecule has 7 nitrogen and oxygen atoms in total. The van der Waals surface area contributed by atoms with Crippen molar-refractivity contribution in [3.05, 3.63) is 99.0 Å². The molecule has 2 amide bonds. The van der Waals surface area contributed by atoms with E-state index in [2.05, 4.69) is 21.2 Å². The van der Waals surface area contributed by atoms with E-state index in [1.165, 1.54) is 4.90 Å². The number of carbonyl (C=O) groups is 2. The summed E-state index contributed by atoms with van der Waals surface area (Å²) < 4.78 is 27.6. The van der Waals surface area contributed by atoms with Gasteiger partial charge in [-0.1, -0.05) is 76.1 Å². The third-order valence-corrected chi connectivity index (χ3v) is 8.43. The number of likely N-dealkylation sites (N-methyl/N-ethyl adjacent to an activating group) is 1. The highest BCUT2D eigenvalue weighted by Crippen LogP contribution is 2.26. The Morgan fingerprint density at radius 1 is 1.03 bits per heavy atom. The minimum Gasteiger partial charge on any atom is -0.355 e. The van der Waals surface area contributed by atoms with Gasteiger partial charge in [-0.15, -0.1) is 0 Å². The van der Waals surface area contributed by atoms with E-state index in [-0.39, 0.29) is 18.9 Å². The minimum absolute atomic E-state index is 0.0319. The van der Waals surface area contributed by atoms with Crippen LogP contribution in [0.25, 0.3) is 0 Å². The lowest BCUT2D eigenvalue weighted by Gasteiger charge is -2.33. The van der Waals surface area contributed by atoms with Crippen molar-refractivity contribution in [1.82, 2.24) is 10.2 Å². The number of sulfonamides is 1. The molecular formula is C28H31BrClN3O4S. The normalized spacial score (nSPS) is 12.0. The third-order valence-electron chi connectivity index (χ3n) is 6.03. The largest absolute Gasteiger partial charge is 0.355 e. The number of aryl methyl sites for hydroxylation is 1. The van der Waals surface area contributed by atoms with E-state index in [0.29, 0.717) is 22.8 Å². The molecule has 1 atom stereocenters. The lowest BCUT2D eigenvalue weighted by atomic mass is 10.0. The summed E-state index contributed by atoms with van der Waals surface area (Å²) in [5.74, 6) is -0.856. The fourth-order valence-electron chi connectivity index (χ4n) is 4.05. The summed E-state index contributed by atoms with van der Waals surface area (Å²) in [5.41, 5.74) is 2.69. The number of hydrogen-bond acceptors (Lipinski definition) is 4. The standard InChI is InChI=1S/C28H31BrClN3O4S/c1-4-31-28(35)26(17-21-10-6-5-7-11-21)32(18-22-12-8-9-13-25(22)30)27(34)19-33(38(3,36)37)23-14-15-24(29)20(2)16-23/h5-16,26H,4,17-19H2,1-3H3,(H,31,35)/t26-/m1/s1. The lowest BCUT2D eigenvalue weighted by molar-refractivity contribution is -0.140. The molecule has 1 N–H and O–H groups in total. The maximum atomic E-state index is 14.0. The smallest absolute Gasteiger partial charge is 0.244 e. The van der Waals surface area contributed by atoms with Gasteiger partial charge in [-0.3, -0.25) is 13.9 Å². The van der Waals surface area contributed by atoms with Crippen LogP contribution in [0.5, 0.6) is 0 Å². The highest BCUT2D eigenvalue weighted by molar-refractivity contribution is 9.10. The van der Waals surface area contributed by atoms with Crippen LogP contribution in [0.15, 0.2) is 77.3 Å². The van der Waals surface area contributed by atoms with Gasteiger partial charge in [0.2, 0.25) is 21.8 Å². The Labute approximate surface area is 238 Å². The molecule has 0 radical (unpaired) electrons. The summed E-state index contributed by atoms with van der Waals surface area (Å²) in [4.78, 5) is 28.7. The predicted octanol–water partition coefficient (Wildman–Crippen LogP) is 4.95. The van der Waals surface area contributed by atoms with Gasteiger partial charge in [-0.25, -0.2) is 8.42 Å². The van der Waals surface area contributed by atoms with Crippen molar-refractivity contribution in [3.8, 4) is 0 Å². The number of amides is 2. The molecule has 0 aliphatic rings. The topological polar surface area (TPSA) is 86.8 Å². The van der Waals surface area contributed by atoms with Gasteiger partial charge >= 0.3 is 0 Å². The number of nitrogens with one attached hydrogen (secondary N) is 1. The second-order valence-electron chi connectivity index (χ2n) is 8.92. The zero-order valence-electron chi connectivity index (χ0n) is 21.5. The molecule has 3 aromatic carbocycles. The fraction of sp³-hybridized carbons (Fsp3) is 0.286. The minimum atomic E-state index is -3.83. The van der Waals surface area contributed by atoms with Gasteiger partial charge in [0.15, 0.2) is 0 Å². The first-order valence-electron chi connectivity index (χ1n) is 12.1. The van der Waals surface area contributed by atoms with Crippen molar-refractivity contribution in [3.63, 3.8) is 0 Å². The third kappa shape index (κ3) is 7.82. The monoisotopic (exact) mass is 619 g/mol. The Morgan fingerprint density at radius 2 is 1.68 bits per heavy atom. The zero-order valence-corrected chi connectivity index (χ0v) is 24.7. The quantitative estimate of drug-likeness (QED) is 0.329. The number of nitrogens with zero attached hydrogens (tertiary/aromatic N) is 2. The Bertz CT molecular complexity index is 1390.